The molecule has 14 nitrogen and oxygen atoms in total. The number of benzene rings is 3. The number of hydrogen-bond acceptors (Lipinski definition) is 7. The Bertz CT molecular complexity index is 1670. The second kappa shape index (κ2) is 20.0. The average Bonchev–Trinajstić information content (AvgIpc) is 3.09. The molecule has 3 amide bonds. The summed E-state index contributed by atoms with van der Waals surface area (Å²) in [5.41, 5.74) is 23.8. The van der Waals surface area contributed by atoms with E-state index in [9.17, 15) is 27.6 Å². The Morgan fingerprint density at radius 3 is 1.90 bits per heavy atom. The molecule has 3 aromatic rings. The van der Waals surface area contributed by atoms with Gasteiger partial charge in [0.25, 0.3) is 0 Å². The van der Waals surface area contributed by atoms with Crippen molar-refractivity contribution < 1.29 is 42.2 Å². The number of nitrogens with one attached hydrogen (secondary N) is 3. The molecule has 17 heteroatoms. The Kier molecular flexibility index (Phi) is 16.2. The largest absolute Gasteiger partial charge is 0.490 e. The molecule has 3 rings (SSSR count). The summed E-state index contributed by atoms with van der Waals surface area (Å²) in [5, 5.41) is 20.3. The van der Waals surface area contributed by atoms with Crippen molar-refractivity contribution in [2.24, 2.45) is 27.9 Å². The third-order valence-electron chi connectivity index (χ3n) is 7.60. The van der Waals surface area contributed by atoms with Gasteiger partial charge in [-0.05, 0) is 42.9 Å². The predicted octanol–water partition coefficient (Wildman–Crippen LogP) is 1.83. The highest BCUT2D eigenvalue weighted by Gasteiger charge is 2.39. The van der Waals surface area contributed by atoms with Crippen LogP contribution in [0.3, 0.4) is 0 Å². The number of amidine groups is 1. The van der Waals surface area contributed by atoms with Gasteiger partial charge in [-0.25, -0.2) is 4.79 Å². The molecule has 0 radical (unpaired) electrons. The Morgan fingerprint density at radius 1 is 0.846 bits per heavy atom. The van der Waals surface area contributed by atoms with Gasteiger partial charge in [0.15, 0.2) is 5.96 Å². The zero-order valence-corrected chi connectivity index (χ0v) is 28.4. The molecule has 12 N–H and O–H groups in total. The first-order valence-electron chi connectivity index (χ1n) is 15.8. The van der Waals surface area contributed by atoms with Crippen LogP contribution in [0, 0.1) is 5.41 Å². The van der Waals surface area contributed by atoms with Crippen molar-refractivity contribution in [1.82, 2.24) is 10.6 Å². The lowest BCUT2D eigenvalue weighted by Gasteiger charge is -2.32. The summed E-state index contributed by atoms with van der Waals surface area (Å²) in [5.74, 6) is -4.66. The first kappa shape index (κ1) is 42.2. The number of primary amides is 1. The molecule has 280 valence electrons. The summed E-state index contributed by atoms with van der Waals surface area (Å²) in [4.78, 5) is 52.7. The normalized spacial score (nSPS) is 13.2. The number of rotatable bonds is 17. The summed E-state index contributed by atoms with van der Waals surface area (Å²) in [6.45, 7) is 2.10. The van der Waals surface area contributed by atoms with Gasteiger partial charge in [0, 0.05) is 12.1 Å². The van der Waals surface area contributed by atoms with Crippen LogP contribution in [0.25, 0.3) is 0 Å². The number of carboxylic acids is 1. The van der Waals surface area contributed by atoms with Crippen LogP contribution in [0.1, 0.15) is 42.0 Å². The Hall–Kier alpha value is -5.97. The van der Waals surface area contributed by atoms with Crippen LogP contribution >= 0.6 is 0 Å². The molecule has 0 aliphatic rings. The van der Waals surface area contributed by atoms with Gasteiger partial charge >= 0.3 is 12.1 Å². The zero-order chi connectivity index (χ0) is 38.9. The fourth-order valence-electron chi connectivity index (χ4n) is 4.76. The van der Waals surface area contributed by atoms with Crippen molar-refractivity contribution >= 4 is 35.5 Å². The van der Waals surface area contributed by atoms with E-state index in [2.05, 4.69) is 15.6 Å². The van der Waals surface area contributed by atoms with Crippen molar-refractivity contribution in [3.05, 3.63) is 107 Å². The summed E-state index contributed by atoms with van der Waals surface area (Å²) in [6, 6.07) is 23.6. The van der Waals surface area contributed by atoms with E-state index in [0.717, 1.165) is 16.7 Å². The standard InChI is InChI=1S/C33H42N8O4.C2HF3O2/c1-33(25-11-6-3-7-12-25,19-22-14-16-24(17-15-22)28(34)35)31(44)41-27(21-45-20-23-9-4-2-5-10-23)30(43)40-26(29(36)42)13-8-18-39-32(37)38;3-2(4,5)1(6)7/h2-7,9-12,14-17,26-27H,8,13,18-21H2,1H3,(H3,34,35)(H2,36,42)(H,40,43)(H,41,44)(H4,37,38,39);(H,6,7)/t26-,27-,33?;/m0./s1. The van der Waals surface area contributed by atoms with E-state index in [1.807, 2.05) is 72.8 Å². The third kappa shape index (κ3) is 14.1. The first-order chi connectivity index (χ1) is 24.4. The van der Waals surface area contributed by atoms with Crippen LogP contribution in [0.15, 0.2) is 89.9 Å². The highest BCUT2D eigenvalue weighted by Crippen LogP contribution is 2.29. The van der Waals surface area contributed by atoms with E-state index in [4.69, 9.17) is 43.0 Å². The highest BCUT2D eigenvalue weighted by molar-refractivity contribution is 5.96. The molecule has 3 aromatic carbocycles. The molecule has 0 bridgehead atoms. The minimum absolute atomic E-state index is 0.0556. The monoisotopic (exact) mass is 728 g/mol. The number of carboxylic acid groups (broad SMARTS) is 1. The summed E-state index contributed by atoms with van der Waals surface area (Å²) in [7, 11) is 0. The van der Waals surface area contributed by atoms with Crippen LogP contribution in [-0.2, 0) is 42.4 Å². The van der Waals surface area contributed by atoms with E-state index < -0.39 is 47.4 Å². The minimum Gasteiger partial charge on any atom is -0.475 e. The van der Waals surface area contributed by atoms with Crippen LogP contribution < -0.4 is 33.6 Å². The van der Waals surface area contributed by atoms with Gasteiger partial charge in [-0.15, -0.1) is 0 Å². The maximum atomic E-state index is 14.2. The summed E-state index contributed by atoms with van der Waals surface area (Å²) < 4.78 is 37.6. The fourth-order valence-corrected chi connectivity index (χ4v) is 4.76. The third-order valence-corrected chi connectivity index (χ3v) is 7.60. The lowest BCUT2D eigenvalue weighted by atomic mass is 9.76. The number of carbonyl (C=O) groups excluding carboxylic acids is 3. The molecule has 0 aromatic heterocycles. The number of carbonyl (C=O) groups is 4. The topological polar surface area (TPSA) is 262 Å². The number of guanidine groups is 1. The number of halogens is 3. The molecule has 0 saturated carbocycles. The smallest absolute Gasteiger partial charge is 0.475 e. The molecule has 0 saturated heterocycles. The van der Waals surface area contributed by atoms with Crippen LogP contribution in [-0.4, -0.2) is 72.0 Å². The van der Waals surface area contributed by atoms with Gasteiger partial charge in [-0.1, -0.05) is 84.9 Å². The van der Waals surface area contributed by atoms with Crippen molar-refractivity contribution in [3.63, 3.8) is 0 Å². The molecule has 0 aliphatic carbocycles. The van der Waals surface area contributed by atoms with Crippen molar-refractivity contribution in [3.8, 4) is 0 Å². The number of hydrogen-bond donors (Lipinski definition) is 8. The SMILES string of the molecule is CC(Cc1ccc(C(=N)N)cc1)(C(=O)N[C@@H](COCc1ccccc1)C(=O)N[C@@H](CCCN=C(N)N)C(N)=O)c1ccccc1.O=C(O)C(F)(F)F. The molecule has 0 aliphatic heterocycles. The predicted molar refractivity (Wildman–Crippen MR) is 188 cm³/mol. The van der Waals surface area contributed by atoms with Crippen LogP contribution in [0.5, 0.6) is 0 Å². The molecule has 3 atom stereocenters. The Labute approximate surface area is 298 Å². The molecular weight excluding hydrogens is 685 g/mol. The minimum atomic E-state index is -5.08. The van der Waals surface area contributed by atoms with E-state index in [1.54, 1.807) is 19.1 Å². The molecule has 0 fully saturated rings. The molecular formula is C35H43F3N8O6. The molecule has 52 heavy (non-hydrogen) atoms. The van der Waals surface area contributed by atoms with Crippen molar-refractivity contribution in [2.75, 3.05) is 13.2 Å². The van der Waals surface area contributed by atoms with Gasteiger partial charge < -0.3 is 43.4 Å². The summed E-state index contributed by atoms with van der Waals surface area (Å²) in [6.07, 6.45) is -4.21. The quantitative estimate of drug-likeness (QED) is 0.0572. The number of aliphatic carboxylic acids is 1. The van der Waals surface area contributed by atoms with Gasteiger partial charge in [-0.2, -0.15) is 13.2 Å². The number of nitrogen functional groups attached to an aromatic ring is 1. The molecule has 0 spiro atoms. The number of ether oxygens (including phenoxy) is 1. The number of nitrogens with two attached hydrogens (primary N) is 4. The van der Waals surface area contributed by atoms with E-state index in [-0.39, 0.29) is 44.4 Å². The van der Waals surface area contributed by atoms with E-state index in [0.29, 0.717) is 12.0 Å². The maximum absolute atomic E-state index is 14.2. The van der Waals surface area contributed by atoms with E-state index in [1.165, 1.54) is 0 Å². The lowest BCUT2D eigenvalue weighted by Crippen LogP contribution is -2.57. The summed E-state index contributed by atoms with van der Waals surface area (Å²) >= 11 is 0. The van der Waals surface area contributed by atoms with Crippen molar-refractivity contribution in [2.45, 2.75) is 56.5 Å². The van der Waals surface area contributed by atoms with Gasteiger partial charge in [0.2, 0.25) is 17.7 Å². The second-order valence-electron chi connectivity index (χ2n) is 11.7. The number of amides is 3. The fraction of sp³-hybridized carbons (Fsp3) is 0.314. The van der Waals surface area contributed by atoms with Gasteiger partial charge in [-0.3, -0.25) is 24.8 Å². The number of aliphatic imine (C=N–C) groups is 1. The zero-order valence-electron chi connectivity index (χ0n) is 28.4. The van der Waals surface area contributed by atoms with Crippen molar-refractivity contribution in [1.29, 1.82) is 5.41 Å². The average molecular weight is 729 g/mol. The molecule has 1 unspecified atom stereocenters. The Morgan fingerprint density at radius 2 is 1.40 bits per heavy atom. The number of alkyl halides is 3. The van der Waals surface area contributed by atoms with Crippen LogP contribution in [0.2, 0.25) is 0 Å². The van der Waals surface area contributed by atoms with E-state index >= 15 is 0 Å². The maximum Gasteiger partial charge on any atom is 0.490 e. The molecule has 0 heterocycles. The first-order valence-corrected chi connectivity index (χ1v) is 15.8. The van der Waals surface area contributed by atoms with Gasteiger partial charge in [0.1, 0.15) is 17.9 Å². The highest BCUT2D eigenvalue weighted by atomic mass is 19.4. The van der Waals surface area contributed by atoms with Crippen LogP contribution in [0.4, 0.5) is 13.2 Å². The second-order valence-corrected chi connectivity index (χ2v) is 11.7. The lowest BCUT2D eigenvalue weighted by molar-refractivity contribution is -0.192. The number of nitrogens with zero attached hydrogens (tertiary/aromatic N) is 1. The Balaban J connectivity index is 0.00000121. The van der Waals surface area contributed by atoms with Gasteiger partial charge in [0.05, 0.1) is 18.6 Å².